The molecule has 0 atom stereocenters. The van der Waals surface area contributed by atoms with Crippen LogP contribution in [0.5, 0.6) is 0 Å². The molecule has 122 valence electrons. The Bertz CT molecular complexity index is 882. The lowest BCUT2D eigenvalue weighted by Crippen LogP contribution is -2.07. The van der Waals surface area contributed by atoms with E-state index < -0.39 is 4.92 Å². The van der Waals surface area contributed by atoms with Crippen molar-refractivity contribution in [3.8, 4) is 0 Å². The number of para-hydroxylation sites is 1. The van der Waals surface area contributed by atoms with E-state index >= 15 is 0 Å². The average molecular weight is 341 g/mol. The SMILES string of the molecule is CCCNc1ncnc(Sc2cccc3cccnc23)c1[N+](=O)[O-]. The van der Waals surface area contributed by atoms with Crippen LogP contribution in [0.1, 0.15) is 13.3 Å². The number of nitrogens with one attached hydrogen (secondary N) is 1. The summed E-state index contributed by atoms with van der Waals surface area (Å²) < 4.78 is 0. The molecule has 3 aromatic rings. The summed E-state index contributed by atoms with van der Waals surface area (Å²) in [5.74, 6) is 0.243. The second kappa shape index (κ2) is 7.22. The first-order valence-electron chi connectivity index (χ1n) is 7.45. The molecule has 0 unspecified atom stereocenters. The number of nitrogens with zero attached hydrogens (tertiary/aromatic N) is 4. The number of anilines is 1. The molecule has 0 fully saturated rings. The van der Waals surface area contributed by atoms with Crippen molar-refractivity contribution in [2.24, 2.45) is 0 Å². The lowest BCUT2D eigenvalue weighted by molar-refractivity contribution is -0.387. The van der Waals surface area contributed by atoms with Gasteiger partial charge in [-0.25, -0.2) is 9.97 Å². The van der Waals surface area contributed by atoms with Crippen LogP contribution in [0, 0.1) is 10.1 Å². The van der Waals surface area contributed by atoms with Crippen molar-refractivity contribution in [2.45, 2.75) is 23.3 Å². The number of nitro groups is 1. The Morgan fingerprint density at radius 2 is 2.04 bits per heavy atom. The van der Waals surface area contributed by atoms with Gasteiger partial charge in [0.25, 0.3) is 0 Å². The molecule has 24 heavy (non-hydrogen) atoms. The van der Waals surface area contributed by atoms with Crippen LogP contribution >= 0.6 is 11.8 Å². The molecule has 0 aliphatic rings. The Labute approximate surface area is 142 Å². The highest BCUT2D eigenvalue weighted by atomic mass is 32.2. The van der Waals surface area contributed by atoms with Gasteiger partial charge in [-0.15, -0.1) is 0 Å². The molecule has 0 aliphatic carbocycles. The van der Waals surface area contributed by atoms with E-state index in [-0.39, 0.29) is 11.5 Å². The highest BCUT2D eigenvalue weighted by Crippen LogP contribution is 2.38. The second-order valence-electron chi connectivity index (χ2n) is 4.99. The Morgan fingerprint density at radius 1 is 1.21 bits per heavy atom. The molecular formula is C16H15N5O2S. The van der Waals surface area contributed by atoms with E-state index in [9.17, 15) is 10.1 Å². The molecule has 1 N–H and O–H groups in total. The van der Waals surface area contributed by atoms with Gasteiger partial charge in [-0.3, -0.25) is 15.1 Å². The van der Waals surface area contributed by atoms with Crippen LogP contribution < -0.4 is 5.32 Å². The molecule has 0 radical (unpaired) electrons. The second-order valence-corrected chi connectivity index (χ2v) is 6.02. The van der Waals surface area contributed by atoms with Crippen LogP contribution in [-0.2, 0) is 0 Å². The number of benzene rings is 1. The van der Waals surface area contributed by atoms with Crippen LogP contribution in [-0.4, -0.2) is 26.4 Å². The topological polar surface area (TPSA) is 93.8 Å². The van der Waals surface area contributed by atoms with Crippen molar-refractivity contribution in [1.29, 1.82) is 0 Å². The van der Waals surface area contributed by atoms with Crippen molar-refractivity contribution < 1.29 is 4.92 Å². The van der Waals surface area contributed by atoms with Crippen LogP contribution in [0.4, 0.5) is 11.5 Å². The molecule has 7 nitrogen and oxygen atoms in total. The lowest BCUT2D eigenvalue weighted by Gasteiger charge is -2.08. The van der Waals surface area contributed by atoms with Crippen molar-refractivity contribution in [1.82, 2.24) is 15.0 Å². The van der Waals surface area contributed by atoms with Gasteiger partial charge < -0.3 is 5.32 Å². The molecule has 3 rings (SSSR count). The van der Waals surface area contributed by atoms with Gasteiger partial charge in [0.1, 0.15) is 6.33 Å². The number of pyridine rings is 1. The summed E-state index contributed by atoms with van der Waals surface area (Å²) in [5, 5.41) is 15.8. The maximum Gasteiger partial charge on any atom is 0.343 e. The van der Waals surface area contributed by atoms with Crippen LogP contribution in [0.3, 0.4) is 0 Å². The van der Waals surface area contributed by atoms with Crippen LogP contribution in [0.2, 0.25) is 0 Å². The summed E-state index contributed by atoms with van der Waals surface area (Å²) in [6.45, 7) is 2.59. The highest BCUT2D eigenvalue weighted by molar-refractivity contribution is 7.99. The summed E-state index contributed by atoms with van der Waals surface area (Å²) in [7, 11) is 0. The monoisotopic (exact) mass is 341 g/mol. The quantitative estimate of drug-likeness (QED) is 0.413. The Balaban J connectivity index is 2.04. The van der Waals surface area contributed by atoms with Gasteiger partial charge in [0.05, 0.1) is 10.4 Å². The molecule has 0 aliphatic heterocycles. The smallest absolute Gasteiger partial charge is 0.343 e. The molecule has 8 heteroatoms. The molecular weight excluding hydrogens is 326 g/mol. The first-order valence-corrected chi connectivity index (χ1v) is 8.27. The average Bonchev–Trinajstić information content (AvgIpc) is 2.60. The largest absolute Gasteiger partial charge is 0.364 e. The molecule has 0 saturated heterocycles. The Morgan fingerprint density at radius 3 is 2.83 bits per heavy atom. The minimum Gasteiger partial charge on any atom is -0.364 e. The minimum absolute atomic E-state index is 0.108. The number of aromatic nitrogens is 3. The third-order valence-corrected chi connectivity index (χ3v) is 4.36. The number of fused-ring (bicyclic) bond motifs is 1. The predicted octanol–water partition coefficient (Wildman–Crippen LogP) is 3.91. The van der Waals surface area contributed by atoms with Gasteiger partial charge in [-0.1, -0.05) is 36.9 Å². The molecule has 2 heterocycles. The van der Waals surface area contributed by atoms with E-state index in [2.05, 4.69) is 20.3 Å². The summed E-state index contributed by atoms with van der Waals surface area (Å²) in [6.07, 6.45) is 3.89. The maximum absolute atomic E-state index is 11.5. The van der Waals surface area contributed by atoms with E-state index in [0.717, 1.165) is 22.2 Å². The number of rotatable bonds is 6. The van der Waals surface area contributed by atoms with Crippen LogP contribution in [0.15, 0.2) is 52.8 Å². The summed E-state index contributed by atoms with van der Waals surface area (Å²) in [6, 6.07) is 9.54. The summed E-state index contributed by atoms with van der Waals surface area (Å²) >= 11 is 1.22. The zero-order chi connectivity index (χ0) is 16.9. The fourth-order valence-electron chi connectivity index (χ4n) is 2.24. The zero-order valence-electron chi connectivity index (χ0n) is 13.0. The van der Waals surface area contributed by atoms with Crippen molar-refractivity contribution >= 4 is 34.2 Å². The van der Waals surface area contributed by atoms with E-state index in [1.54, 1.807) is 6.20 Å². The molecule has 0 amide bonds. The Hall–Kier alpha value is -2.74. The fraction of sp³-hybridized carbons (Fsp3) is 0.188. The van der Waals surface area contributed by atoms with Crippen molar-refractivity contribution in [3.05, 3.63) is 53.0 Å². The third-order valence-electron chi connectivity index (χ3n) is 3.32. The molecule has 2 aromatic heterocycles. The van der Waals surface area contributed by atoms with Gasteiger partial charge in [0.2, 0.25) is 5.82 Å². The predicted molar refractivity (Wildman–Crippen MR) is 93.3 cm³/mol. The van der Waals surface area contributed by atoms with Gasteiger partial charge in [-0.05, 0) is 18.6 Å². The third kappa shape index (κ3) is 3.28. The maximum atomic E-state index is 11.5. The minimum atomic E-state index is -0.446. The Kier molecular flexibility index (Phi) is 4.85. The van der Waals surface area contributed by atoms with Gasteiger partial charge in [0, 0.05) is 23.0 Å². The van der Waals surface area contributed by atoms with Crippen molar-refractivity contribution in [3.63, 3.8) is 0 Å². The normalized spacial score (nSPS) is 10.7. The molecule has 0 bridgehead atoms. The summed E-state index contributed by atoms with van der Waals surface area (Å²) in [4.78, 5) is 24.4. The molecule has 0 saturated carbocycles. The first kappa shape index (κ1) is 16.1. The molecule has 1 aromatic carbocycles. The lowest BCUT2D eigenvalue weighted by atomic mass is 10.2. The fourth-order valence-corrected chi connectivity index (χ4v) is 3.23. The van der Waals surface area contributed by atoms with E-state index in [1.807, 2.05) is 37.3 Å². The number of hydrogen-bond acceptors (Lipinski definition) is 7. The van der Waals surface area contributed by atoms with Gasteiger partial charge >= 0.3 is 5.69 Å². The first-order chi connectivity index (χ1) is 11.7. The van der Waals surface area contributed by atoms with Gasteiger partial charge in [-0.2, -0.15) is 0 Å². The van der Waals surface area contributed by atoms with Crippen LogP contribution in [0.25, 0.3) is 10.9 Å². The summed E-state index contributed by atoms with van der Waals surface area (Å²) in [5.41, 5.74) is 0.685. The number of hydrogen-bond donors (Lipinski definition) is 1. The van der Waals surface area contributed by atoms with Crippen molar-refractivity contribution in [2.75, 3.05) is 11.9 Å². The molecule has 0 spiro atoms. The standard InChI is InChI=1S/C16H15N5O2S/c1-2-8-18-15-14(21(22)23)16(20-10-19-15)24-12-7-3-5-11-6-4-9-17-13(11)12/h3-7,9-10H,2,8H2,1H3,(H,18,19,20). The van der Waals surface area contributed by atoms with E-state index in [4.69, 9.17) is 0 Å². The van der Waals surface area contributed by atoms with E-state index in [0.29, 0.717) is 11.6 Å². The van der Waals surface area contributed by atoms with Gasteiger partial charge in [0.15, 0.2) is 5.03 Å². The zero-order valence-corrected chi connectivity index (χ0v) is 13.8. The van der Waals surface area contributed by atoms with E-state index in [1.165, 1.54) is 18.1 Å². The highest BCUT2D eigenvalue weighted by Gasteiger charge is 2.24.